The van der Waals surface area contributed by atoms with Gasteiger partial charge in [0.05, 0.1) is 16.4 Å². The van der Waals surface area contributed by atoms with Crippen molar-refractivity contribution in [3.05, 3.63) is 57.9 Å². The van der Waals surface area contributed by atoms with Gasteiger partial charge in [-0.25, -0.2) is 4.98 Å². The molecule has 0 bridgehead atoms. The summed E-state index contributed by atoms with van der Waals surface area (Å²) >= 11 is 1.63. The Labute approximate surface area is 165 Å². The Hall–Kier alpha value is -3.19. The van der Waals surface area contributed by atoms with Gasteiger partial charge in [0.25, 0.3) is 11.8 Å². The molecule has 0 saturated heterocycles. The monoisotopic (exact) mass is 391 g/mol. The molecule has 0 fully saturated rings. The second-order valence-electron chi connectivity index (χ2n) is 6.85. The number of amides is 2. The Morgan fingerprint density at radius 1 is 1.25 bits per heavy atom. The van der Waals surface area contributed by atoms with Crippen molar-refractivity contribution < 1.29 is 14.3 Å². The molecule has 1 N–H and O–H groups in total. The zero-order valence-electron chi connectivity index (χ0n) is 15.2. The number of nitrogens with one attached hydrogen (secondary N) is 1. The van der Waals surface area contributed by atoms with Gasteiger partial charge in [0.1, 0.15) is 5.75 Å². The average molecular weight is 391 g/mol. The first kappa shape index (κ1) is 16.9. The van der Waals surface area contributed by atoms with Gasteiger partial charge >= 0.3 is 0 Å². The molecule has 0 spiro atoms. The predicted molar refractivity (Wildman–Crippen MR) is 108 cm³/mol. The van der Waals surface area contributed by atoms with E-state index in [0.717, 1.165) is 33.9 Å². The highest BCUT2D eigenvalue weighted by Gasteiger charge is 2.27. The van der Waals surface area contributed by atoms with Crippen molar-refractivity contribution in [2.45, 2.75) is 13.3 Å². The van der Waals surface area contributed by atoms with Crippen LogP contribution >= 0.6 is 11.3 Å². The summed E-state index contributed by atoms with van der Waals surface area (Å²) in [5, 5.41) is 5.84. The van der Waals surface area contributed by atoms with Crippen LogP contribution in [-0.4, -0.2) is 29.9 Å². The number of ether oxygens (including phenoxy) is 1. The highest BCUT2D eigenvalue weighted by atomic mass is 32.1. The number of anilines is 2. The number of rotatable bonds is 2. The fraction of sp³-hybridized carbons (Fsp3) is 0.190. The van der Waals surface area contributed by atoms with Crippen LogP contribution in [0.1, 0.15) is 20.9 Å². The third-order valence-corrected chi connectivity index (χ3v) is 5.77. The second kappa shape index (κ2) is 6.45. The highest BCUT2D eigenvalue weighted by Crippen LogP contribution is 2.35. The van der Waals surface area contributed by atoms with Crippen molar-refractivity contribution in [2.24, 2.45) is 0 Å². The summed E-state index contributed by atoms with van der Waals surface area (Å²) in [4.78, 5) is 30.8. The van der Waals surface area contributed by atoms with Gasteiger partial charge in [-0.2, -0.15) is 0 Å². The number of aryl methyl sites for hydroxylation is 1. The third kappa shape index (κ3) is 2.84. The van der Waals surface area contributed by atoms with Gasteiger partial charge < -0.3 is 15.0 Å². The minimum absolute atomic E-state index is 0.0317. The summed E-state index contributed by atoms with van der Waals surface area (Å²) in [6.45, 7) is 2.61. The molecule has 7 heteroatoms. The molecular weight excluding hydrogens is 374 g/mol. The molecule has 2 aromatic carbocycles. The van der Waals surface area contributed by atoms with Crippen molar-refractivity contribution in [3.8, 4) is 17.0 Å². The normalized spacial score (nSPS) is 14.9. The van der Waals surface area contributed by atoms with Gasteiger partial charge in [0.2, 0.25) is 0 Å². The SMILES string of the molecule is Cc1nc(-c2ccc3c(c2)CCN3C(=O)c2ccc3c(c2)OCC(=O)N3)cs1. The maximum absolute atomic E-state index is 13.1. The van der Waals surface area contributed by atoms with Gasteiger partial charge in [0.15, 0.2) is 6.61 Å². The topological polar surface area (TPSA) is 71.5 Å². The molecule has 28 heavy (non-hydrogen) atoms. The summed E-state index contributed by atoms with van der Waals surface area (Å²) in [6, 6.07) is 11.3. The van der Waals surface area contributed by atoms with Crippen molar-refractivity contribution in [1.82, 2.24) is 4.98 Å². The Morgan fingerprint density at radius 2 is 2.14 bits per heavy atom. The summed E-state index contributed by atoms with van der Waals surface area (Å²) in [7, 11) is 0. The highest BCUT2D eigenvalue weighted by molar-refractivity contribution is 7.09. The van der Waals surface area contributed by atoms with Gasteiger partial charge in [-0.15, -0.1) is 11.3 Å². The first-order valence-electron chi connectivity index (χ1n) is 9.02. The first-order valence-corrected chi connectivity index (χ1v) is 9.90. The quantitative estimate of drug-likeness (QED) is 0.724. The lowest BCUT2D eigenvalue weighted by Gasteiger charge is -2.21. The van der Waals surface area contributed by atoms with Crippen LogP contribution in [0.15, 0.2) is 41.8 Å². The molecule has 1 aromatic heterocycles. The molecule has 3 aromatic rings. The lowest BCUT2D eigenvalue weighted by Crippen LogP contribution is -2.29. The number of fused-ring (bicyclic) bond motifs is 2. The maximum atomic E-state index is 13.1. The van der Waals surface area contributed by atoms with E-state index in [1.807, 2.05) is 19.1 Å². The van der Waals surface area contributed by atoms with Crippen LogP contribution in [0, 0.1) is 6.92 Å². The summed E-state index contributed by atoms with van der Waals surface area (Å²) < 4.78 is 5.44. The number of aromatic nitrogens is 1. The fourth-order valence-corrected chi connectivity index (χ4v) is 4.25. The van der Waals surface area contributed by atoms with E-state index in [-0.39, 0.29) is 18.4 Å². The minimum atomic E-state index is -0.189. The molecule has 2 aliphatic heterocycles. The molecule has 0 radical (unpaired) electrons. The predicted octanol–water partition coefficient (Wildman–Crippen LogP) is 3.65. The lowest BCUT2D eigenvalue weighted by molar-refractivity contribution is -0.118. The van der Waals surface area contributed by atoms with Gasteiger partial charge in [0, 0.05) is 28.7 Å². The van der Waals surface area contributed by atoms with E-state index in [4.69, 9.17) is 4.74 Å². The number of benzene rings is 2. The van der Waals surface area contributed by atoms with Gasteiger partial charge in [-0.1, -0.05) is 6.07 Å². The van der Waals surface area contributed by atoms with Crippen molar-refractivity contribution in [1.29, 1.82) is 0 Å². The molecule has 6 nitrogen and oxygen atoms in total. The summed E-state index contributed by atoms with van der Waals surface area (Å²) in [5.41, 5.74) is 5.28. The molecule has 2 aliphatic rings. The largest absolute Gasteiger partial charge is 0.482 e. The molecule has 0 unspecified atom stereocenters. The van der Waals surface area contributed by atoms with E-state index in [9.17, 15) is 9.59 Å². The van der Waals surface area contributed by atoms with Gasteiger partial charge in [-0.3, -0.25) is 9.59 Å². The van der Waals surface area contributed by atoms with Crippen LogP contribution in [0.5, 0.6) is 5.75 Å². The summed E-state index contributed by atoms with van der Waals surface area (Å²) in [6.07, 6.45) is 0.815. The Balaban J connectivity index is 1.43. The number of hydrogen-bond donors (Lipinski definition) is 1. The van der Waals surface area contributed by atoms with E-state index in [2.05, 4.69) is 21.7 Å². The van der Waals surface area contributed by atoms with E-state index in [0.29, 0.717) is 23.5 Å². The third-order valence-electron chi connectivity index (χ3n) is 5.00. The Kier molecular flexibility index (Phi) is 3.91. The zero-order chi connectivity index (χ0) is 19.3. The number of hydrogen-bond acceptors (Lipinski definition) is 5. The van der Waals surface area contributed by atoms with Crippen molar-refractivity contribution >= 4 is 34.5 Å². The van der Waals surface area contributed by atoms with Crippen LogP contribution in [0.3, 0.4) is 0 Å². The molecule has 5 rings (SSSR count). The van der Waals surface area contributed by atoms with Crippen LogP contribution < -0.4 is 15.0 Å². The Morgan fingerprint density at radius 3 is 2.96 bits per heavy atom. The van der Waals surface area contributed by atoms with E-state index < -0.39 is 0 Å². The van der Waals surface area contributed by atoms with Crippen LogP contribution in [-0.2, 0) is 11.2 Å². The Bertz CT molecular complexity index is 1120. The van der Waals surface area contributed by atoms with Crippen LogP contribution in [0.25, 0.3) is 11.3 Å². The number of nitrogens with zero attached hydrogens (tertiary/aromatic N) is 2. The number of thiazole rings is 1. The van der Waals surface area contributed by atoms with Crippen LogP contribution in [0.2, 0.25) is 0 Å². The van der Waals surface area contributed by atoms with E-state index in [1.54, 1.807) is 34.4 Å². The standard InChI is InChI=1S/C21H17N3O3S/c1-12-22-17(11-28-12)13-3-5-18-14(8-13)6-7-24(18)21(26)15-2-4-16-19(9-15)27-10-20(25)23-16/h2-5,8-9,11H,6-7,10H2,1H3,(H,23,25). The maximum Gasteiger partial charge on any atom is 0.262 e. The van der Waals surface area contributed by atoms with Crippen molar-refractivity contribution in [3.63, 3.8) is 0 Å². The molecule has 3 heterocycles. The first-order chi connectivity index (χ1) is 13.6. The van der Waals surface area contributed by atoms with E-state index in [1.165, 1.54) is 0 Å². The minimum Gasteiger partial charge on any atom is -0.482 e. The summed E-state index contributed by atoms with van der Waals surface area (Å²) in [5.74, 6) is 0.268. The smallest absolute Gasteiger partial charge is 0.262 e. The van der Waals surface area contributed by atoms with Gasteiger partial charge in [-0.05, 0) is 49.2 Å². The van der Waals surface area contributed by atoms with Crippen LogP contribution in [0.4, 0.5) is 11.4 Å². The fourth-order valence-electron chi connectivity index (χ4n) is 3.63. The molecule has 0 saturated carbocycles. The second-order valence-corrected chi connectivity index (χ2v) is 7.91. The molecule has 0 aliphatic carbocycles. The van der Waals surface area contributed by atoms with E-state index >= 15 is 0 Å². The molecule has 0 atom stereocenters. The molecular formula is C21H17N3O3S. The van der Waals surface area contributed by atoms with Crippen molar-refractivity contribution in [2.75, 3.05) is 23.4 Å². The number of carbonyl (C=O) groups is 2. The lowest BCUT2D eigenvalue weighted by atomic mass is 10.1. The molecule has 140 valence electrons. The number of carbonyl (C=O) groups excluding carboxylic acids is 2. The zero-order valence-corrected chi connectivity index (χ0v) is 16.0. The molecule has 2 amide bonds. The average Bonchev–Trinajstić information content (AvgIpc) is 3.32.